The van der Waals surface area contributed by atoms with E-state index in [9.17, 15) is 22.8 Å². The number of carbonyl (C=O) groups is 2. The van der Waals surface area contributed by atoms with E-state index in [0.29, 0.717) is 5.69 Å². The Morgan fingerprint density at radius 2 is 2.03 bits per heavy atom. The zero-order valence-electron chi connectivity index (χ0n) is 16.0. The standard InChI is InChI=1S/C20H17F3N4O3/c1-11-7-13(20(21,22)23)8-17(25-11)27-16(10-30-19(27)29)18(28)26(2)14-4-3-12-5-6-24-15(12)9-14/h3-9,16,24H,10H2,1-2H3. The number of ether oxygens (including phenoxy) is 1. The van der Waals surface area contributed by atoms with Gasteiger partial charge in [-0.15, -0.1) is 0 Å². The van der Waals surface area contributed by atoms with Crippen molar-refractivity contribution in [2.24, 2.45) is 0 Å². The van der Waals surface area contributed by atoms with Crippen molar-refractivity contribution in [2.75, 3.05) is 23.5 Å². The number of alkyl halides is 3. The van der Waals surface area contributed by atoms with Crippen molar-refractivity contribution in [2.45, 2.75) is 19.1 Å². The van der Waals surface area contributed by atoms with Crippen molar-refractivity contribution in [3.8, 4) is 0 Å². The summed E-state index contributed by atoms with van der Waals surface area (Å²) in [5.74, 6) is -0.792. The first-order valence-electron chi connectivity index (χ1n) is 9.02. The molecular weight excluding hydrogens is 401 g/mol. The summed E-state index contributed by atoms with van der Waals surface area (Å²) in [6, 6.07) is 7.69. The van der Waals surface area contributed by atoms with Crippen LogP contribution in [0.5, 0.6) is 0 Å². The normalized spacial score (nSPS) is 16.8. The van der Waals surface area contributed by atoms with Gasteiger partial charge in [0.15, 0.2) is 6.04 Å². The van der Waals surface area contributed by atoms with Gasteiger partial charge in [0.05, 0.1) is 5.56 Å². The van der Waals surface area contributed by atoms with Gasteiger partial charge in [-0.05, 0) is 42.6 Å². The van der Waals surface area contributed by atoms with Crippen molar-refractivity contribution < 1.29 is 27.5 Å². The second-order valence-electron chi connectivity index (χ2n) is 6.96. The molecule has 30 heavy (non-hydrogen) atoms. The largest absolute Gasteiger partial charge is 0.446 e. The minimum atomic E-state index is -4.62. The molecule has 3 aromatic rings. The number of pyridine rings is 1. The zero-order chi connectivity index (χ0) is 21.6. The van der Waals surface area contributed by atoms with E-state index < -0.39 is 29.8 Å². The Kier molecular flexibility index (Phi) is 4.64. The molecule has 2 amide bonds. The van der Waals surface area contributed by atoms with Gasteiger partial charge in [0, 0.05) is 30.1 Å². The van der Waals surface area contributed by atoms with Crippen molar-refractivity contribution >= 4 is 34.4 Å². The van der Waals surface area contributed by atoms with Crippen LogP contribution in [0.4, 0.5) is 29.5 Å². The van der Waals surface area contributed by atoms with Gasteiger partial charge in [-0.1, -0.05) is 6.07 Å². The van der Waals surface area contributed by atoms with Crippen molar-refractivity contribution in [3.05, 3.63) is 53.9 Å². The number of carbonyl (C=O) groups excluding carboxylic acids is 2. The molecular formula is C20H17F3N4O3. The van der Waals surface area contributed by atoms with E-state index >= 15 is 0 Å². The molecule has 1 aliphatic heterocycles. The van der Waals surface area contributed by atoms with Crippen LogP contribution in [0.25, 0.3) is 10.9 Å². The lowest BCUT2D eigenvalue weighted by atomic mass is 10.1. The molecule has 0 spiro atoms. The van der Waals surface area contributed by atoms with E-state index in [4.69, 9.17) is 4.74 Å². The molecule has 1 aromatic carbocycles. The number of H-pyrrole nitrogens is 1. The molecule has 156 valence electrons. The van der Waals surface area contributed by atoms with E-state index in [1.54, 1.807) is 18.3 Å². The van der Waals surface area contributed by atoms with E-state index in [1.165, 1.54) is 18.9 Å². The number of amides is 2. The maximum atomic E-state index is 13.2. The van der Waals surface area contributed by atoms with Crippen LogP contribution in [-0.4, -0.2) is 41.7 Å². The third-order valence-electron chi connectivity index (χ3n) is 4.93. The smallest absolute Gasteiger partial charge is 0.416 e. The molecule has 7 nitrogen and oxygen atoms in total. The van der Waals surface area contributed by atoms with Crippen LogP contribution in [-0.2, 0) is 15.7 Å². The molecule has 1 fully saturated rings. The number of aromatic amines is 1. The number of aryl methyl sites for hydroxylation is 1. The minimum Gasteiger partial charge on any atom is -0.446 e. The molecule has 1 N–H and O–H groups in total. The number of nitrogens with zero attached hydrogens (tertiary/aromatic N) is 3. The summed E-state index contributed by atoms with van der Waals surface area (Å²) in [5, 5.41) is 0.962. The fourth-order valence-corrected chi connectivity index (χ4v) is 3.39. The Bertz CT molecular complexity index is 1140. The number of fused-ring (bicyclic) bond motifs is 1. The number of likely N-dealkylation sites (N-methyl/N-ethyl adjacent to an activating group) is 1. The maximum absolute atomic E-state index is 13.2. The number of anilines is 2. The van der Waals surface area contributed by atoms with Crippen molar-refractivity contribution in [1.82, 2.24) is 9.97 Å². The molecule has 0 saturated carbocycles. The zero-order valence-corrected chi connectivity index (χ0v) is 16.0. The fourth-order valence-electron chi connectivity index (χ4n) is 3.39. The summed E-state index contributed by atoms with van der Waals surface area (Å²) in [6.07, 6.45) is -3.77. The van der Waals surface area contributed by atoms with Crippen molar-refractivity contribution in [1.29, 1.82) is 0 Å². The second kappa shape index (κ2) is 7.05. The topological polar surface area (TPSA) is 78.5 Å². The number of halogens is 3. The second-order valence-corrected chi connectivity index (χ2v) is 6.96. The Hall–Kier alpha value is -3.56. The summed E-state index contributed by atoms with van der Waals surface area (Å²) in [5.41, 5.74) is 0.484. The predicted molar refractivity (Wildman–Crippen MR) is 103 cm³/mol. The van der Waals surface area contributed by atoms with Crippen molar-refractivity contribution in [3.63, 3.8) is 0 Å². The third-order valence-corrected chi connectivity index (χ3v) is 4.93. The van der Waals surface area contributed by atoms with E-state index in [0.717, 1.165) is 27.9 Å². The SMILES string of the molecule is Cc1cc(C(F)(F)F)cc(N2C(=O)OCC2C(=O)N(C)c2ccc3cc[nH]c3c2)n1. The monoisotopic (exact) mass is 418 g/mol. The molecule has 1 saturated heterocycles. The number of cyclic esters (lactones) is 1. The van der Waals surface area contributed by atoms with Crippen LogP contribution in [0.15, 0.2) is 42.6 Å². The van der Waals surface area contributed by atoms with Gasteiger partial charge in [0.25, 0.3) is 5.91 Å². The molecule has 0 aliphatic carbocycles. The van der Waals surface area contributed by atoms with Crippen LogP contribution in [0.3, 0.4) is 0 Å². The predicted octanol–water partition coefficient (Wildman–Crippen LogP) is 3.88. The van der Waals surface area contributed by atoms with Crippen LogP contribution < -0.4 is 9.80 Å². The highest BCUT2D eigenvalue weighted by atomic mass is 19.4. The Morgan fingerprint density at radius 3 is 2.77 bits per heavy atom. The lowest BCUT2D eigenvalue weighted by molar-refractivity contribution is -0.137. The Balaban J connectivity index is 1.67. The third kappa shape index (κ3) is 3.44. The number of benzene rings is 1. The highest BCUT2D eigenvalue weighted by molar-refractivity contribution is 6.06. The molecule has 2 aromatic heterocycles. The molecule has 3 heterocycles. The number of rotatable bonds is 3. The van der Waals surface area contributed by atoms with E-state index in [-0.39, 0.29) is 18.1 Å². The molecule has 1 aliphatic rings. The number of nitrogens with one attached hydrogen (secondary N) is 1. The van der Waals surface area contributed by atoms with Gasteiger partial charge < -0.3 is 14.6 Å². The van der Waals surface area contributed by atoms with Crippen LogP contribution >= 0.6 is 0 Å². The fraction of sp³-hybridized carbons (Fsp3) is 0.250. The summed E-state index contributed by atoms with van der Waals surface area (Å²) >= 11 is 0. The molecule has 1 atom stereocenters. The van der Waals surface area contributed by atoms with Gasteiger partial charge in [0.1, 0.15) is 12.4 Å². The van der Waals surface area contributed by atoms with Gasteiger partial charge >= 0.3 is 12.3 Å². The first kappa shape index (κ1) is 19.7. The highest BCUT2D eigenvalue weighted by Crippen LogP contribution is 2.33. The summed E-state index contributed by atoms with van der Waals surface area (Å²) in [6.45, 7) is 1.10. The molecule has 0 radical (unpaired) electrons. The maximum Gasteiger partial charge on any atom is 0.416 e. The molecule has 10 heteroatoms. The lowest BCUT2D eigenvalue weighted by Gasteiger charge is -2.25. The van der Waals surface area contributed by atoms with Gasteiger partial charge in [-0.25, -0.2) is 14.7 Å². The Labute approximate surface area is 169 Å². The quantitative estimate of drug-likeness (QED) is 0.700. The first-order valence-corrected chi connectivity index (χ1v) is 9.02. The summed E-state index contributed by atoms with van der Waals surface area (Å²) < 4.78 is 44.6. The number of hydrogen-bond acceptors (Lipinski definition) is 4. The number of hydrogen-bond donors (Lipinski definition) is 1. The van der Waals surface area contributed by atoms with Crippen LogP contribution in [0.1, 0.15) is 11.3 Å². The Morgan fingerprint density at radius 1 is 1.27 bits per heavy atom. The summed E-state index contributed by atoms with van der Waals surface area (Å²) in [4.78, 5) is 34.7. The number of aromatic nitrogens is 2. The molecule has 4 rings (SSSR count). The molecule has 0 bridgehead atoms. The average Bonchev–Trinajstić information content (AvgIpc) is 3.31. The van der Waals surface area contributed by atoms with E-state index in [1.807, 2.05) is 12.1 Å². The van der Waals surface area contributed by atoms with Gasteiger partial charge in [-0.3, -0.25) is 4.79 Å². The summed E-state index contributed by atoms with van der Waals surface area (Å²) in [7, 11) is 1.53. The molecule has 1 unspecified atom stereocenters. The first-order chi connectivity index (χ1) is 14.1. The highest BCUT2D eigenvalue weighted by Gasteiger charge is 2.43. The average molecular weight is 418 g/mol. The van der Waals surface area contributed by atoms with Gasteiger partial charge in [0.2, 0.25) is 0 Å². The minimum absolute atomic E-state index is 0.0660. The lowest BCUT2D eigenvalue weighted by Crippen LogP contribution is -2.47. The van der Waals surface area contributed by atoms with E-state index in [2.05, 4.69) is 9.97 Å². The van der Waals surface area contributed by atoms with Crippen LogP contribution in [0, 0.1) is 6.92 Å². The van der Waals surface area contributed by atoms with Crippen LogP contribution in [0.2, 0.25) is 0 Å². The van der Waals surface area contributed by atoms with Gasteiger partial charge in [-0.2, -0.15) is 13.2 Å².